The van der Waals surface area contributed by atoms with Gasteiger partial charge >= 0.3 is 0 Å². The zero-order chi connectivity index (χ0) is 21.4. The number of nitrogens with zero attached hydrogens (tertiary/aromatic N) is 1. The summed E-state index contributed by atoms with van der Waals surface area (Å²) in [7, 11) is 1.56. The maximum atomic E-state index is 13.6. The Bertz CT molecular complexity index is 1070. The van der Waals surface area contributed by atoms with Gasteiger partial charge in [-0.3, -0.25) is 14.5 Å². The van der Waals surface area contributed by atoms with Gasteiger partial charge in [0.1, 0.15) is 11.4 Å². The maximum Gasteiger partial charge on any atom is 0.278 e. The maximum absolute atomic E-state index is 13.6. The van der Waals surface area contributed by atoms with Gasteiger partial charge in [-0.05, 0) is 31.0 Å². The van der Waals surface area contributed by atoms with Gasteiger partial charge in [0.25, 0.3) is 11.8 Å². The molecule has 2 heterocycles. The number of rotatable bonds is 5. The van der Waals surface area contributed by atoms with E-state index in [-0.39, 0.29) is 30.3 Å². The smallest absolute Gasteiger partial charge is 0.278 e. The summed E-state index contributed by atoms with van der Waals surface area (Å²) >= 11 is 0. The molecule has 0 saturated heterocycles. The van der Waals surface area contributed by atoms with Crippen LogP contribution in [0.4, 0.5) is 5.69 Å². The van der Waals surface area contributed by atoms with Crippen LogP contribution in [-0.2, 0) is 9.59 Å². The first-order chi connectivity index (χ1) is 15.2. The Labute approximate surface area is 180 Å². The number of anilines is 1. The Hall–Kier alpha value is -3.48. The highest BCUT2D eigenvalue weighted by Gasteiger charge is 2.43. The van der Waals surface area contributed by atoms with Crippen LogP contribution in [0.2, 0.25) is 0 Å². The average molecular weight is 420 g/mol. The molecule has 2 aromatic carbocycles. The largest absolute Gasteiger partial charge is 0.496 e. The second-order valence-electron chi connectivity index (χ2n) is 7.92. The molecule has 1 saturated carbocycles. The van der Waals surface area contributed by atoms with Gasteiger partial charge in [0.15, 0.2) is 11.5 Å². The monoisotopic (exact) mass is 420 g/mol. The molecule has 0 radical (unpaired) electrons. The number of methoxy groups -OCH3 is 1. The highest BCUT2D eigenvalue weighted by atomic mass is 16.7. The van der Waals surface area contributed by atoms with Crippen molar-refractivity contribution in [1.29, 1.82) is 0 Å². The van der Waals surface area contributed by atoms with E-state index in [4.69, 9.17) is 14.2 Å². The molecule has 0 unspecified atom stereocenters. The van der Waals surface area contributed by atoms with E-state index in [1.54, 1.807) is 31.4 Å². The number of ether oxygens (including phenoxy) is 3. The highest BCUT2D eigenvalue weighted by Crippen LogP contribution is 2.40. The van der Waals surface area contributed by atoms with Crippen molar-refractivity contribution in [3.05, 3.63) is 53.7 Å². The quantitative estimate of drug-likeness (QED) is 0.738. The second kappa shape index (κ2) is 7.98. The van der Waals surface area contributed by atoms with Crippen LogP contribution in [0, 0.1) is 0 Å². The molecule has 1 N–H and O–H groups in total. The van der Waals surface area contributed by atoms with Crippen LogP contribution in [-0.4, -0.2) is 36.7 Å². The Morgan fingerprint density at radius 2 is 1.74 bits per heavy atom. The predicted octanol–water partition coefficient (Wildman–Crippen LogP) is 3.95. The van der Waals surface area contributed by atoms with Gasteiger partial charge in [-0.25, -0.2) is 0 Å². The molecule has 7 heteroatoms. The molecular formula is C24H24N2O5. The zero-order valence-corrected chi connectivity index (χ0v) is 17.3. The van der Waals surface area contributed by atoms with Crippen molar-refractivity contribution in [3.63, 3.8) is 0 Å². The topological polar surface area (TPSA) is 77.1 Å². The minimum Gasteiger partial charge on any atom is -0.496 e. The van der Waals surface area contributed by atoms with Crippen LogP contribution in [0.25, 0.3) is 5.57 Å². The van der Waals surface area contributed by atoms with Crippen molar-refractivity contribution in [2.75, 3.05) is 19.2 Å². The van der Waals surface area contributed by atoms with E-state index in [0.29, 0.717) is 34.1 Å². The van der Waals surface area contributed by atoms with Gasteiger partial charge in [-0.2, -0.15) is 0 Å². The Morgan fingerprint density at radius 1 is 0.968 bits per heavy atom. The molecule has 0 bridgehead atoms. The van der Waals surface area contributed by atoms with E-state index >= 15 is 0 Å². The van der Waals surface area contributed by atoms with Crippen molar-refractivity contribution in [3.8, 4) is 17.2 Å². The average Bonchev–Trinajstić information content (AvgIpc) is 3.36. The third-order valence-electron chi connectivity index (χ3n) is 6.07. The molecule has 2 aliphatic heterocycles. The Kier molecular flexibility index (Phi) is 5.02. The fourth-order valence-electron chi connectivity index (χ4n) is 4.55. The van der Waals surface area contributed by atoms with Gasteiger partial charge < -0.3 is 19.5 Å². The molecular weight excluding hydrogens is 396 g/mol. The molecule has 1 aliphatic carbocycles. The molecule has 2 aromatic rings. The fraction of sp³-hybridized carbons (Fsp3) is 0.333. The summed E-state index contributed by atoms with van der Waals surface area (Å²) in [5.41, 5.74) is 1.85. The molecule has 7 nitrogen and oxygen atoms in total. The second-order valence-corrected chi connectivity index (χ2v) is 7.92. The van der Waals surface area contributed by atoms with Crippen molar-refractivity contribution in [2.24, 2.45) is 0 Å². The molecule has 3 aliphatic rings. The first-order valence-electron chi connectivity index (χ1n) is 10.6. The van der Waals surface area contributed by atoms with Crippen molar-refractivity contribution in [2.45, 2.75) is 38.1 Å². The standard InChI is InChI=1S/C24H24N2O5/c1-29-18-10-6-5-9-17(18)21-22(25-15-11-12-19-20(13-15)31-14-30-19)24(28)26(23(21)27)16-7-3-2-4-8-16/h5-6,9-13,16,25H,2-4,7-8,14H2,1H3. The molecule has 0 spiro atoms. The van der Waals surface area contributed by atoms with E-state index in [2.05, 4.69) is 5.32 Å². The molecule has 2 amide bonds. The number of para-hydroxylation sites is 1. The van der Waals surface area contributed by atoms with Crippen LogP contribution in [0.5, 0.6) is 17.2 Å². The fourth-order valence-corrected chi connectivity index (χ4v) is 4.55. The number of carbonyl (C=O) groups is 2. The summed E-state index contributed by atoms with van der Waals surface area (Å²) in [6.45, 7) is 0.167. The van der Waals surface area contributed by atoms with Crippen molar-refractivity contribution >= 4 is 23.1 Å². The van der Waals surface area contributed by atoms with Crippen LogP contribution >= 0.6 is 0 Å². The summed E-state index contributed by atoms with van der Waals surface area (Å²) in [4.78, 5) is 28.5. The van der Waals surface area contributed by atoms with Crippen LogP contribution < -0.4 is 19.5 Å². The van der Waals surface area contributed by atoms with Crippen molar-refractivity contribution in [1.82, 2.24) is 4.90 Å². The first kappa shape index (κ1) is 19.5. The number of amides is 2. The predicted molar refractivity (Wildman–Crippen MR) is 115 cm³/mol. The number of hydrogen-bond donors (Lipinski definition) is 1. The number of hydrogen-bond acceptors (Lipinski definition) is 6. The summed E-state index contributed by atoms with van der Waals surface area (Å²) in [5.74, 6) is 1.24. The number of carbonyl (C=O) groups excluding carboxylic acids is 2. The normalized spacial score (nSPS) is 18.7. The molecule has 160 valence electrons. The number of nitrogens with one attached hydrogen (secondary N) is 1. The van der Waals surface area contributed by atoms with E-state index in [0.717, 1.165) is 32.1 Å². The van der Waals surface area contributed by atoms with Crippen LogP contribution in [0.15, 0.2) is 48.2 Å². The lowest BCUT2D eigenvalue weighted by molar-refractivity contribution is -0.140. The van der Waals surface area contributed by atoms with E-state index in [1.807, 2.05) is 18.2 Å². The molecule has 0 aromatic heterocycles. The van der Waals surface area contributed by atoms with E-state index in [9.17, 15) is 9.59 Å². The summed E-state index contributed by atoms with van der Waals surface area (Å²) in [6.07, 6.45) is 4.87. The third-order valence-corrected chi connectivity index (χ3v) is 6.07. The highest BCUT2D eigenvalue weighted by molar-refractivity contribution is 6.37. The Balaban J connectivity index is 1.57. The zero-order valence-electron chi connectivity index (χ0n) is 17.3. The third kappa shape index (κ3) is 3.40. The minimum absolute atomic E-state index is 0.0745. The van der Waals surface area contributed by atoms with Gasteiger partial charge in [-0.1, -0.05) is 37.5 Å². The lowest BCUT2D eigenvalue weighted by Gasteiger charge is -2.30. The van der Waals surface area contributed by atoms with Gasteiger partial charge in [-0.15, -0.1) is 0 Å². The molecule has 1 fully saturated rings. The van der Waals surface area contributed by atoms with Crippen molar-refractivity contribution < 1.29 is 23.8 Å². The summed E-state index contributed by atoms with van der Waals surface area (Å²) in [5, 5.41) is 3.20. The number of imide groups is 1. The van der Waals surface area contributed by atoms with Crippen LogP contribution in [0.1, 0.15) is 37.7 Å². The summed E-state index contributed by atoms with van der Waals surface area (Å²) < 4.78 is 16.3. The van der Waals surface area contributed by atoms with E-state index in [1.165, 1.54) is 4.90 Å². The minimum atomic E-state index is -0.296. The SMILES string of the molecule is COc1ccccc1C1=C(Nc2ccc3c(c2)OCO3)C(=O)N(C2CCCCC2)C1=O. The lowest BCUT2D eigenvalue weighted by atomic mass is 9.94. The van der Waals surface area contributed by atoms with E-state index < -0.39 is 0 Å². The van der Waals surface area contributed by atoms with Gasteiger partial charge in [0.05, 0.1) is 12.7 Å². The Morgan fingerprint density at radius 3 is 2.55 bits per heavy atom. The molecule has 0 atom stereocenters. The van der Waals surface area contributed by atoms with Crippen LogP contribution in [0.3, 0.4) is 0 Å². The number of fused-ring (bicyclic) bond motifs is 1. The number of benzene rings is 2. The molecule has 31 heavy (non-hydrogen) atoms. The van der Waals surface area contributed by atoms with Gasteiger partial charge in [0.2, 0.25) is 6.79 Å². The first-order valence-corrected chi connectivity index (χ1v) is 10.6. The lowest BCUT2D eigenvalue weighted by Crippen LogP contribution is -2.42. The van der Waals surface area contributed by atoms with Gasteiger partial charge in [0, 0.05) is 23.4 Å². The summed E-state index contributed by atoms with van der Waals surface area (Å²) in [6, 6.07) is 12.6. The molecule has 5 rings (SSSR count).